The van der Waals surface area contributed by atoms with Gasteiger partial charge < -0.3 is 11.1 Å². The third kappa shape index (κ3) is 4.45. The molecule has 1 amide bonds. The Bertz CT molecular complexity index is 571. The average Bonchev–Trinajstić information content (AvgIpc) is 3.18. The van der Waals surface area contributed by atoms with Crippen LogP contribution in [0.3, 0.4) is 0 Å². The lowest BCUT2D eigenvalue weighted by Crippen LogP contribution is -2.26. The van der Waals surface area contributed by atoms with Crippen LogP contribution in [0.5, 0.6) is 0 Å². The van der Waals surface area contributed by atoms with E-state index in [1.54, 1.807) is 0 Å². The number of anilines is 1. The van der Waals surface area contributed by atoms with E-state index in [0.29, 0.717) is 0 Å². The summed E-state index contributed by atoms with van der Waals surface area (Å²) in [7, 11) is -1.60. The lowest BCUT2D eigenvalue weighted by molar-refractivity contribution is -0.137. The second kappa shape index (κ2) is 6.05. The fourth-order valence-corrected chi connectivity index (χ4v) is 2.89. The molecular formula is C13H15F3N2O2S. The molecule has 0 saturated heterocycles. The fourth-order valence-electron chi connectivity index (χ4n) is 1.75. The third-order valence-electron chi connectivity index (χ3n) is 3.04. The van der Waals surface area contributed by atoms with Gasteiger partial charge in [0.2, 0.25) is 5.91 Å². The van der Waals surface area contributed by atoms with Crippen LogP contribution in [0.2, 0.25) is 0 Å². The number of nitrogens with two attached hydrogens (primary N) is 1. The van der Waals surface area contributed by atoms with E-state index in [-0.39, 0.29) is 34.7 Å². The number of halogens is 3. The Hall–Kier alpha value is -1.57. The molecule has 0 heterocycles. The number of nitrogen functional groups attached to an aromatic ring is 1. The van der Waals surface area contributed by atoms with Crippen LogP contribution in [0.4, 0.5) is 18.9 Å². The minimum atomic E-state index is -4.49. The normalized spacial score (nSPS) is 16.5. The first kappa shape index (κ1) is 15.8. The minimum absolute atomic E-state index is 0.0358. The topological polar surface area (TPSA) is 72.2 Å². The lowest BCUT2D eigenvalue weighted by Gasteiger charge is -2.10. The van der Waals surface area contributed by atoms with Crippen molar-refractivity contribution in [3.8, 4) is 0 Å². The predicted octanol–water partition coefficient (Wildman–Crippen LogP) is 2.06. The summed E-state index contributed by atoms with van der Waals surface area (Å²) in [5.41, 5.74) is 4.47. The summed E-state index contributed by atoms with van der Waals surface area (Å²) in [6, 6.07) is 2.93. The zero-order chi connectivity index (χ0) is 15.6. The van der Waals surface area contributed by atoms with Crippen LogP contribution < -0.4 is 11.1 Å². The number of rotatable bonds is 5. The number of alkyl halides is 3. The summed E-state index contributed by atoms with van der Waals surface area (Å²) in [6.45, 7) is 0. The Morgan fingerprint density at radius 2 is 2.05 bits per heavy atom. The molecule has 1 aliphatic rings. The summed E-state index contributed by atoms with van der Waals surface area (Å²) in [6.07, 6.45) is -2.51. The number of hydrogen-bond donors (Lipinski definition) is 2. The van der Waals surface area contributed by atoms with Gasteiger partial charge >= 0.3 is 6.18 Å². The first-order valence-electron chi connectivity index (χ1n) is 6.42. The Morgan fingerprint density at radius 3 is 2.57 bits per heavy atom. The summed E-state index contributed by atoms with van der Waals surface area (Å²) in [5.74, 6) is -0.162. The van der Waals surface area contributed by atoms with Gasteiger partial charge in [0, 0.05) is 23.9 Å². The highest BCUT2D eigenvalue weighted by atomic mass is 32.2. The van der Waals surface area contributed by atoms with Gasteiger partial charge in [0.15, 0.2) is 0 Å². The van der Waals surface area contributed by atoms with E-state index in [9.17, 15) is 22.2 Å². The Morgan fingerprint density at radius 1 is 1.38 bits per heavy atom. The van der Waals surface area contributed by atoms with Crippen LogP contribution in [0.1, 0.15) is 24.8 Å². The van der Waals surface area contributed by atoms with Crippen LogP contribution in [0, 0.1) is 0 Å². The van der Waals surface area contributed by atoms with Crippen molar-refractivity contribution in [2.45, 2.75) is 36.4 Å². The smallest absolute Gasteiger partial charge is 0.398 e. The Kier molecular flexibility index (Phi) is 4.55. The van der Waals surface area contributed by atoms with Gasteiger partial charge in [-0.2, -0.15) is 13.2 Å². The largest absolute Gasteiger partial charge is 0.416 e. The van der Waals surface area contributed by atoms with Crippen molar-refractivity contribution in [3.63, 3.8) is 0 Å². The zero-order valence-electron chi connectivity index (χ0n) is 11.1. The summed E-state index contributed by atoms with van der Waals surface area (Å²) in [4.78, 5) is 11.6. The molecule has 1 unspecified atom stereocenters. The van der Waals surface area contributed by atoms with Gasteiger partial charge in [0.25, 0.3) is 0 Å². The number of carbonyl (C=O) groups excluding carboxylic acids is 1. The minimum Gasteiger partial charge on any atom is -0.398 e. The molecule has 8 heteroatoms. The van der Waals surface area contributed by atoms with Crippen LogP contribution in [-0.4, -0.2) is 21.9 Å². The van der Waals surface area contributed by atoms with Gasteiger partial charge in [-0.1, -0.05) is 0 Å². The van der Waals surface area contributed by atoms with Crippen molar-refractivity contribution < 1.29 is 22.2 Å². The van der Waals surface area contributed by atoms with Crippen molar-refractivity contribution in [1.82, 2.24) is 5.32 Å². The molecule has 1 aromatic rings. The van der Waals surface area contributed by atoms with E-state index in [0.717, 1.165) is 31.0 Å². The number of benzene rings is 1. The van der Waals surface area contributed by atoms with Gasteiger partial charge in [-0.3, -0.25) is 9.00 Å². The van der Waals surface area contributed by atoms with Crippen molar-refractivity contribution >= 4 is 22.4 Å². The standard InChI is InChI=1S/C13H15F3N2O2S/c14-13(15,16)8-1-4-11(10(17)7-8)21(20)6-5-12(19)18-9-2-3-9/h1,4,7,9H,2-3,5-6,17H2,(H,18,19). The quantitative estimate of drug-likeness (QED) is 0.816. The number of nitrogens with one attached hydrogen (secondary N) is 1. The van der Waals surface area contributed by atoms with Crippen LogP contribution >= 0.6 is 0 Å². The predicted molar refractivity (Wildman–Crippen MR) is 72.9 cm³/mol. The second-order valence-electron chi connectivity index (χ2n) is 4.89. The van der Waals surface area contributed by atoms with E-state index in [1.807, 2.05) is 0 Å². The summed E-state index contributed by atoms with van der Waals surface area (Å²) in [5, 5.41) is 2.75. The maximum atomic E-state index is 12.5. The number of carbonyl (C=O) groups is 1. The van der Waals surface area contributed by atoms with Crippen molar-refractivity contribution in [1.29, 1.82) is 0 Å². The molecule has 21 heavy (non-hydrogen) atoms. The summed E-state index contributed by atoms with van der Waals surface area (Å²) < 4.78 is 49.5. The molecule has 2 rings (SSSR count). The molecule has 0 bridgehead atoms. The monoisotopic (exact) mass is 320 g/mol. The van der Waals surface area contributed by atoms with Crippen LogP contribution in [0.25, 0.3) is 0 Å². The highest BCUT2D eigenvalue weighted by Crippen LogP contribution is 2.32. The number of amides is 1. The van der Waals surface area contributed by atoms with E-state index < -0.39 is 22.5 Å². The van der Waals surface area contributed by atoms with E-state index in [2.05, 4.69) is 5.32 Å². The second-order valence-corrected chi connectivity index (χ2v) is 6.43. The SMILES string of the molecule is Nc1cc(C(F)(F)F)ccc1S(=O)CCC(=O)NC1CC1. The summed E-state index contributed by atoms with van der Waals surface area (Å²) >= 11 is 0. The fraction of sp³-hybridized carbons (Fsp3) is 0.462. The molecule has 0 radical (unpaired) electrons. The maximum Gasteiger partial charge on any atom is 0.416 e. The van der Waals surface area contributed by atoms with Crippen LogP contribution in [0.15, 0.2) is 23.1 Å². The Balaban J connectivity index is 1.97. The molecule has 0 aromatic heterocycles. The maximum absolute atomic E-state index is 12.5. The Labute approximate surface area is 122 Å². The molecule has 1 fully saturated rings. The van der Waals surface area contributed by atoms with E-state index in [4.69, 9.17) is 5.73 Å². The molecule has 4 nitrogen and oxygen atoms in total. The van der Waals surface area contributed by atoms with Gasteiger partial charge in [-0.05, 0) is 31.0 Å². The zero-order valence-corrected chi connectivity index (χ0v) is 11.9. The van der Waals surface area contributed by atoms with Crippen molar-refractivity contribution in [2.75, 3.05) is 11.5 Å². The van der Waals surface area contributed by atoms with Crippen LogP contribution in [-0.2, 0) is 21.8 Å². The van der Waals surface area contributed by atoms with Gasteiger partial charge in [0.1, 0.15) is 0 Å². The molecule has 1 saturated carbocycles. The first-order valence-corrected chi connectivity index (χ1v) is 7.73. The highest BCUT2D eigenvalue weighted by molar-refractivity contribution is 7.85. The van der Waals surface area contributed by atoms with E-state index in [1.165, 1.54) is 0 Å². The van der Waals surface area contributed by atoms with Gasteiger partial charge in [-0.15, -0.1) is 0 Å². The highest BCUT2D eigenvalue weighted by Gasteiger charge is 2.31. The van der Waals surface area contributed by atoms with Crippen molar-refractivity contribution in [2.24, 2.45) is 0 Å². The van der Waals surface area contributed by atoms with Gasteiger partial charge in [-0.25, -0.2) is 0 Å². The average molecular weight is 320 g/mol. The van der Waals surface area contributed by atoms with E-state index >= 15 is 0 Å². The first-order chi connectivity index (χ1) is 9.77. The molecule has 0 aliphatic heterocycles. The van der Waals surface area contributed by atoms with Gasteiger partial charge in [0.05, 0.1) is 21.3 Å². The molecule has 116 valence electrons. The van der Waals surface area contributed by atoms with Crippen molar-refractivity contribution in [3.05, 3.63) is 23.8 Å². The lowest BCUT2D eigenvalue weighted by atomic mass is 10.2. The number of hydrogen-bond acceptors (Lipinski definition) is 3. The molecule has 0 spiro atoms. The molecule has 1 aromatic carbocycles. The molecule has 1 aliphatic carbocycles. The molecule has 3 N–H and O–H groups in total. The molecular weight excluding hydrogens is 305 g/mol. The molecule has 1 atom stereocenters. The third-order valence-corrected chi connectivity index (χ3v) is 4.48.